The second kappa shape index (κ2) is 7.66. The number of nitrogens with zero attached hydrogens (tertiary/aromatic N) is 1. The maximum Gasteiger partial charge on any atom is 0.243 e. The summed E-state index contributed by atoms with van der Waals surface area (Å²) in [5.41, 5.74) is 1.96. The Balaban J connectivity index is 2.03. The summed E-state index contributed by atoms with van der Waals surface area (Å²) < 4.78 is 26.4. The first-order valence-corrected chi connectivity index (χ1v) is 9.99. The van der Waals surface area contributed by atoms with Gasteiger partial charge in [0, 0.05) is 13.1 Å². The number of amides is 1. The molecule has 0 radical (unpaired) electrons. The van der Waals surface area contributed by atoms with E-state index in [-0.39, 0.29) is 23.4 Å². The molecule has 1 saturated carbocycles. The Hall–Kier alpha value is -1.40. The number of likely N-dealkylation sites (N-methyl/N-ethyl adjacent to an activating group) is 1. The van der Waals surface area contributed by atoms with Gasteiger partial charge in [0.2, 0.25) is 15.9 Å². The van der Waals surface area contributed by atoms with Crippen molar-refractivity contribution in [3.63, 3.8) is 0 Å². The minimum atomic E-state index is -3.66. The van der Waals surface area contributed by atoms with E-state index in [0.29, 0.717) is 5.92 Å². The van der Waals surface area contributed by atoms with Gasteiger partial charge in [-0.2, -0.15) is 4.31 Å². The van der Waals surface area contributed by atoms with Crippen LogP contribution in [0.2, 0.25) is 0 Å². The summed E-state index contributed by atoms with van der Waals surface area (Å²) in [6.45, 7) is 5.80. The number of aryl methyl sites for hydroxylation is 2. The van der Waals surface area contributed by atoms with E-state index >= 15 is 0 Å². The Bertz CT molecular complexity index is 700. The first-order valence-electron chi connectivity index (χ1n) is 8.55. The van der Waals surface area contributed by atoms with Crippen molar-refractivity contribution in [2.45, 2.75) is 57.4 Å². The topological polar surface area (TPSA) is 66.5 Å². The molecule has 1 aromatic rings. The highest BCUT2D eigenvalue weighted by Crippen LogP contribution is 2.24. The molecule has 6 heteroatoms. The smallest absolute Gasteiger partial charge is 0.243 e. The van der Waals surface area contributed by atoms with Crippen LogP contribution in [0.1, 0.15) is 43.7 Å². The van der Waals surface area contributed by atoms with Gasteiger partial charge in [0.15, 0.2) is 0 Å². The zero-order valence-electron chi connectivity index (χ0n) is 15.0. The van der Waals surface area contributed by atoms with Crippen LogP contribution in [-0.2, 0) is 14.8 Å². The Morgan fingerprint density at radius 2 is 1.88 bits per heavy atom. The molecule has 1 aliphatic carbocycles. The molecule has 1 aromatic carbocycles. The van der Waals surface area contributed by atoms with Gasteiger partial charge in [-0.1, -0.05) is 25.8 Å². The summed E-state index contributed by atoms with van der Waals surface area (Å²) >= 11 is 0. The molecule has 2 atom stereocenters. The number of carbonyl (C=O) groups excluding carboxylic acids is 1. The zero-order chi connectivity index (χ0) is 17.9. The number of carbonyl (C=O) groups is 1. The largest absolute Gasteiger partial charge is 0.352 e. The maximum absolute atomic E-state index is 12.6. The van der Waals surface area contributed by atoms with Crippen molar-refractivity contribution >= 4 is 15.9 Å². The maximum atomic E-state index is 12.6. The molecule has 1 N–H and O–H groups in total. The van der Waals surface area contributed by atoms with E-state index in [0.717, 1.165) is 34.7 Å². The molecule has 0 heterocycles. The van der Waals surface area contributed by atoms with Crippen LogP contribution in [0.4, 0.5) is 0 Å². The standard InChI is InChI=1S/C18H28N2O3S/c1-13-9-10-16(11-15(13)3)24(22,23)20(4)12-18(21)19-17-8-6-5-7-14(17)2/h9-11,14,17H,5-8,12H2,1-4H3,(H,19,21)/t14-,17-/m1/s1. The SMILES string of the molecule is Cc1ccc(S(=O)(=O)N(C)CC(=O)N[C@@H]2CCCC[C@H]2C)cc1C. The molecule has 0 bridgehead atoms. The lowest BCUT2D eigenvalue weighted by Crippen LogP contribution is -2.46. The summed E-state index contributed by atoms with van der Waals surface area (Å²) in [6.07, 6.45) is 4.41. The van der Waals surface area contributed by atoms with Crippen molar-refractivity contribution in [2.24, 2.45) is 5.92 Å². The molecule has 134 valence electrons. The molecular formula is C18H28N2O3S. The van der Waals surface area contributed by atoms with Crippen molar-refractivity contribution in [1.82, 2.24) is 9.62 Å². The molecule has 24 heavy (non-hydrogen) atoms. The average molecular weight is 353 g/mol. The molecule has 0 saturated heterocycles. The Morgan fingerprint density at radius 1 is 1.21 bits per heavy atom. The zero-order valence-corrected chi connectivity index (χ0v) is 15.8. The monoisotopic (exact) mass is 352 g/mol. The summed E-state index contributed by atoms with van der Waals surface area (Å²) in [5, 5.41) is 3.00. The van der Waals surface area contributed by atoms with Gasteiger partial charge in [0.25, 0.3) is 0 Å². The third-order valence-electron chi connectivity index (χ3n) is 5.01. The first kappa shape index (κ1) is 18.9. The van der Waals surface area contributed by atoms with Crippen LogP contribution < -0.4 is 5.32 Å². The van der Waals surface area contributed by atoms with Gasteiger partial charge >= 0.3 is 0 Å². The van der Waals surface area contributed by atoms with Gasteiger partial charge in [0.1, 0.15) is 0 Å². The van der Waals surface area contributed by atoms with E-state index < -0.39 is 10.0 Å². The van der Waals surface area contributed by atoms with E-state index in [1.54, 1.807) is 18.2 Å². The van der Waals surface area contributed by atoms with Crippen LogP contribution in [0.5, 0.6) is 0 Å². The van der Waals surface area contributed by atoms with Crippen LogP contribution in [0.3, 0.4) is 0 Å². The molecule has 0 aliphatic heterocycles. The van der Waals surface area contributed by atoms with E-state index in [1.165, 1.54) is 13.5 Å². The minimum absolute atomic E-state index is 0.154. The lowest BCUT2D eigenvalue weighted by Gasteiger charge is -2.30. The average Bonchev–Trinajstić information content (AvgIpc) is 2.52. The van der Waals surface area contributed by atoms with E-state index in [1.807, 2.05) is 13.8 Å². The van der Waals surface area contributed by atoms with Gasteiger partial charge in [-0.25, -0.2) is 8.42 Å². The van der Waals surface area contributed by atoms with Gasteiger partial charge in [-0.3, -0.25) is 4.79 Å². The van der Waals surface area contributed by atoms with Crippen LogP contribution in [-0.4, -0.2) is 38.3 Å². The fourth-order valence-electron chi connectivity index (χ4n) is 3.12. The number of benzene rings is 1. The Kier molecular flexibility index (Phi) is 6.04. The van der Waals surface area contributed by atoms with Crippen molar-refractivity contribution in [3.05, 3.63) is 29.3 Å². The lowest BCUT2D eigenvalue weighted by atomic mass is 9.86. The van der Waals surface area contributed by atoms with Gasteiger partial charge < -0.3 is 5.32 Å². The Morgan fingerprint density at radius 3 is 2.50 bits per heavy atom. The third-order valence-corrected chi connectivity index (χ3v) is 6.81. The highest BCUT2D eigenvalue weighted by atomic mass is 32.2. The summed E-state index contributed by atoms with van der Waals surface area (Å²) in [5.74, 6) is 0.216. The van der Waals surface area contributed by atoms with E-state index in [9.17, 15) is 13.2 Å². The number of hydrogen-bond donors (Lipinski definition) is 1. The highest BCUT2D eigenvalue weighted by Gasteiger charge is 2.26. The number of sulfonamides is 1. The molecule has 2 rings (SSSR count). The Labute approximate surface area is 145 Å². The molecule has 1 fully saturated rings. The fraction of sp³-hybridized carbons (Fsp3) is 0.611. The summed E-state index contributed by atoms with van der Waals surface area (Å²) in [6, 6.07) is 5.20. The molecule has 0 spiro atoms. The predicted molar refractivity (Wildman–Crippen MR) is 95.3 cm³/mol. The molecule has 1 aliphatic rings. The number of nitrogens with one attached hydrogen (secondary N) is 1. The first-order chi connectivity index (χ1) is 11.2. The van der Waals surface area contributed by atoms with Gasteiger partial charge in [-0.05, 0) is 55.9 Å². The highest BCUT2D eigenvalue weighted by molar-refractivity contribution is 7.89. The molecule has 0 unspecified atom stereocenters. The van der Waals surface area contributed by atoms with Crippen LogP contribution >= 0.6 is 0 Å². The van der Waals surface area contributed by atoms with E-state index in [2.05, 4.69) is 12.2 Å². The quantitative estimate of drug-likeness (QED) is 0.886. The second-order valence-electron chi connectivity index (χ2n) is 6.94. The molecular weight excluding hydrogens is 324 g/mol. The summed E-state index contributed by atoms with van der Waals surface area (Å²) in [4.78, 5) is 12.5. The van der Waals surface area contributed by atoms with Crippen molar-refractivity contribution in [1.29, 1.82) is 0 Å². The van der Waals surface area contributed by atoms with Crippen molar-refractivity contribution < 1.29 is 13.2 Å². The molecule has 0 aromatic heterocycles. The van der Waals surface area contributed by atoms with Crippen molar-refractivity contribution in [2.75, 3.05) is 13.6 Å². The normalized spacial score (nSPS) is 21.7. The predicted octanol–water partition coefficient (Wildman–Crippen LogP) is 2.62. The number of rotatable bonds is 5. The summed E-state index contributed by atoms with van der Waals surface area (Å²) in [7, 11) is -2.20. The van der Waals surface area contributed by atoms with Crippen LogP contribution in [0, 0.1) is 19.8 Å². The molecule has 5 nitrogen and oxygen atoms in total. The fourth-order valence-corrected chi connectivity index (χ4v) is 4.34. The molecule has 1 amide bonds. The van der Waals surface area contributed by atoms with Crippen LogP contribution in [0.25, 0.3) is 0 Å². The van der Waals surface area contributed by atoms with Gasteiger partial charge in [-0.15, -0.1) is 0 Å². The minimum Gasteiger partial charge on any atom is -0.352 e. The number of hydrogen-bond acceptors (Lipinski definition) is 3. The second-order valence-corrected chi connectivity index (χ2v) is 8.99. The van der Waals surface area contributed by atoms with E-state index in [4.69, 9.17) is 0 Å². The third kappa shape index (κ3) is 4.36. The van der Waals surface area contributed by atoms with Crippen LogP contribution in [0.15, 0.2) is 23.1 Å². The van der Waals surface area contributed by atoms with Gasteiger partial charge in [0.05, 0.1) is 11.4 Å². The lowest BCUT2D eigenvalue weighted by molar-refractivity contribution is -0.122. The van der Waals surface area contributed by atoms with Crippen molar-refractivity contribution in [3.8, 4) is 0 Å².